The van der Waals surface area contributed by atoms with Gasteiger partial charge in [0.25, 0.3) is 0 Å². The molecule has 0 N–H and O–H groups in total. The average Bonchev–Trinajstić information content (AvgIpc) is 2.34. The van der Waals surface area contributed by atoms with Gasteiger partial charge in [-0.2, -0.15) is 0 Å². The zero-order chi connectivity index (χ0) is 16.2. The zero-order valence-corrected chi connectivity index (χ0v) is 13.2. The molecule has 0 bridgehead atoms. The number of benzene rings is 1. The SMILES string of the molecule is C#Cc1cc(CN(C(=O)OC(C)(C)C)C(C)C)ccc1F. The molecule has 0 atom stereocenters. The smallest absolute Gasteiger partial charge is 0.410 e. The molecular formula is C17H22FNO2. The van der Waals surface area contributed by atoms with Gasteiger partial charge in [0.05, 0.1) is 5.56 Å². The lowest BCUT2D eigenvalue weighted by atomic mass is 10.1. The number of hydrogen-bond donors (Lipinski definition) is 0. The van der Waals surface area contributed by atoms with Crippen LogP contribution >= 0.6 is 0 Å². The van der Waals surface area contributed by atoms with Crippen LogP contribution < -0.4 is 0 Å². The Bertz CT molecular complexity index is 553. The highest BCUT2D eigenvalue weighted by atomic mass is 19.1. The van der Waals surface area contributed by atoms with E-state index in [1.165, 1.54) is 6.07 Å². The van der Waals surface area contributed by atoms with Crippen molar-refractivity contribution in [3.8, 4) is 12.3 Å². The molecule has 0 aliphatic heterocycles. The first kappa shape index (κ1) is 17.0. The lowest BCUT2D eigenvalue weighted by Crippen LogP contribution is -2.40. The molecule has 0 aliphatic carbocycles. The highest BCUT2D eigenvalue weighted by Crippen LogP contribution is 2.17. The van der Waals surface area contributed by atoms with E-state index in [4.69, 9.17) is 11.2 Å². The molecule has 0 aromatic heterocycles. The molecule has 4 heteroatoms. The van der Waals surface area contributed by atoms with Gasteiger partial charge in [-0.3, -0.25) is 0 Å². The number of ether oxygens (including phenoxy) is 1. The van der Waals surface area contributed by atoms with E-state index in [0.717, 1.165) is 5.56 Å². The van der Waals surface area contributed by atoms with Gasteiger partial charge < -0.3 is 9.64 Å². The average molecular weight is 291 g/mol. The minimum atomic E-state index is -0.559. The zero-order valence-electron chi connectivity index (χ0n) is 13.2. The normalized spacial score (nSPS) is 11.1. The van der Waals surface area contributed by atoms with Gasteiger partial charge in [-0.1, -0.05) is 12.0 Å². The van der Waals surface area contributed by atoms with Crippen molar-refractivity contribution in [2.24, 2.45) is 0 Å². The highest BCUT2D eigenvalue weighted by molar-refractivity contribution is 5.68. The lowest BCUT2D eigenvalue weighted by Gasteiger charge is -2.30. The van der Waals surface area contributed by atoms with Crippen molar-refractivity contribution in [3.05, 3.63) is 35.1 Å². The first-order valence-corrected chi connectivity index (χ1v) is 6.88. The van der Waals surface area contributed by atoms with Crippen LogP contribution in [0.15, 0.2) is 18.2 Å². The number of amides is 1. The second-order valence-electron chi connectivity index (χ2n) is 6.16. The Labute approximate surface area is 126 Å². The van der Waals surface area contributed by atoms with E-state index in [-0.39, 0.29) is 11.6 Å². The number of carbonyl (C=O) groups excluding carboxylic acids is 1. The van der Waals surface area contributed by atoms with E-state index < -0.39 is 17.5 Å². The molecule has 0 heterocycles. The van der Waals surface area contributed by atoms with Crippen LogP contribution in [0.25, 0.3) is 0 Å². The maximum absolute atomic E-state index is 13.4. The maximum Gasteiger partial charge on any atom is 0.410 e. The third-order valence-electron chi connectivity index (χ3n) is 2.79. The van der Waals surface area contributed by atoms with Crippen molar-refractivity contribution in [2.75, 3.05) is 0 Å². The largest absolute Gasteiger partial charge is 0.444 e. The lowest BCUT2D eigenvalue weighted by molar-refractivity contribution is 0.0172. The summed E-state index contributed by atoms with van der Waals surface area (Å²) in [7, 11) is 0. The van der Waals surface area contributed by atoms with E-state index in [0.29, 0.717) is 6.54 Å². The number of terminal acetylenes is 1. The van der Waals surface area contributed by atoms with Gasteiger partial charge in [-0.15, -0.1) is 6.42 Å². The molecule has 0 saturated heterocycles. The Morgan fingerprint density at radius 1 is 1.43 bits per heavy atom. The van der Waals surface area contributed by atoms with E-state index in [9.17, 15) is 9.18 Å². The maximum atomic E-state index is 13.4. The van der Waals surface area contributed by atoms with Gasteiger partial charge in [-0.25, -0.2) is 9.18 Å². The summed E-state index contributed by atoms with van der Waals surface area (Å²) in [5, 5.41) is 0. The molecule has 1 amide bonds. The minimum Gasteiger partial charge on any atom is -0.444 e. The molecule has 21 heavy (non-hydrogen) atoms. The quantitative estimate of drug-likeness (QED) is 0.789. The third kappa shape index (κ3) is 5.11. The van der Waals surface area contributed by atoms with Crippen molar-refractivity contribution in [1.82, 2.24) is 4.90 Å². The van der Waals surface area contributed by atoms with E-state index >= 15 is 0 Å². The van der Waals surface area contributed by atoms with Gasteiger partial charge >= 0.3 is 6.09 Å². The van der Waals surface area contributed by atoms with E-state index in [2.05, 4.69) is 5.92 Å². The van der Waals surface area contributed by atoms with Crippen molar-refractivity contribution in [2.45, 2.75) is 52.8 Å². The first-order chi connectivity index (χ1) is 9.64. The number of rotatable bonds is 3. The second-order valence-corrected chi connectivity index (χ2v) is 6.16. The summed E-state index contributed by atoms with van der Waals surface area (Å²) in [5.41, 5.74) is 0.404. The molecule has 1 rings (SSSR count). The fourth-order valence-corrected chi connectivity index (χ4v) is 1.76. The Hall–Kier alpha value is -2.02. The Morgan fingerprint density at radius 2 is 2.05 bits per heavy atom. The number of hydrogen-bond acceptors (Lipinski definition) is 2. The Morgan fingerprint density at radius 3 is 2.52 bits per heavy atom. The van der Waals surface area contributed by atoms with Crippen LogP contribution in [0, 0.1) is 18.2 Å². The molecule has 114 valence electrons. The fourth-order valence-electron chi connectivity index (χ4n) is 1.76. The van der Waals surface area contributed by atoms with Crippen molar-refractivity contribution >= 4 is 6.09 Å². The molecule has 0 fully saturated rings. The van der Waals surface area contributed by atoms with Gasteiger partial charge in [0.15, 0.2) is 0 Å². The molecule has 0 aliphatic rings. The molecule has 1 aromatic rings. The third-order valence-corrected chi connectivity index (χ3v) is 2.79. The molecule has 0 unspecified atom stereocenters. The van der Waals surface area contributed by atoms with Crippen LogP contribution in [-0.4, -0.2) is 22.6 Å². The van der Waals surface area contributed by atoms with Crippen LogP contribution in [0.2, 0.25) is 0 Å². The van der Waals surface area contributed by atoms with Crippen LogP contribution in [0.4, 0.5) is 9.18 Å². The van der Waals surface area contributed by atoms with Crippen LogP contribution in [0.1, 0.15) is 45.7 Å². The van der Waals surface area contributed by atoms with Crippen molar-refractivity contribution in [3.63, 3.8) is 0 Å². The highest BCUT2D eigenvalue weighted by Gasteiger charge is 2.24. The van der Waals surface area contributed by atoms with Crippen LogP contribution in [0.5, 0.6) is 0 Å². The summed E-state index contributed by atoms with van der Waals surface area (Å²) >= 11 is 0. The summed E-state index contributed by atoms with van der Waals surface area (Å²) in [6.45, 7) is 9.57. The minimum absolute atomic E-state index is 0.0424. The van der Waals surface area contributed by atoms with Crippen molar-refractivity contribution < 1.29 is 13.9 Å². The van der Waals surface area contributed by atoms with Crippen LogP contribution in [-0.2, 0) is 11.3 Å². The second kappa shape index (κ2) is 6.62. The van der Waals surface area contributed by atoms with Gasteiger partial charge in [0, 0.05) is 12.6 Å². The Balaban J connectivity index is 2.94. The topological polar surface area (TPSA) is 29.5 Å². The fraction of sp³-hybridized carbons (Fsp3) is 0.471. The number of halogens is 1. The van der Waals surface area contributed by atoms with Gasteiger partial charge in [-0.05, 0) is 52.3 Å². The summed E-state index contributed by atoms with van der Waals surface area (Å²) < 4.78 is 18.8. The molecule has 3 nitrogen and oxygen atoms in total. The van der Waals surface area contributed by atoms with E-state index in [1.54, 1.807) is 17.0 Å². The first-order valence-electron chi connectivity index (χ1n) is 6.88. The Kier molecular flexibility index (Phi) is 5.37. The number of carbonyl (C=O) groups is 1. The molecule has 0 spiro atoms. The predicted octanol–water partition coefficient (Wildman–Crippen LogP) is 3.95. The summed E-state index contributed by atoms with van der Waals surface area (Å²) in [6, 6.07) is 4.47. The molecule has 0 saturated carbocycles. The van der Waals surface area contributed by atoms with Crippen LogP contribution in [0.3, 0.4) is 0 Å². The molecule has 1 aromatic carbocycles. The predicted molar refractivity (Wildman–Crippen MR) is 81.2 cm³/mol. The summed E-state index contributed by atoms with van der Waals surface area (Å²) in [5.74, 6) is 1.86. The number of nitrogens with zero attached hydrogens (tertiary/aromatic N) is 1. The monoisotopic (exact) mass is 291 g/mol. The van der Waals surface area contributed by atoms with E-state index in [1.807, 2.05) is 34.6 Å². The standard InChI is InChI=1S/C17H22FNO2/c1-7-14-10-13(8-9-15(14)18)11-19(12(2)3)16(20)21-17(4,5)6/h1,8-10,12H,11H2,2-6H3. The molecular weight excluding hydrogens is 269 g/mol. The summed E-state index contributed by atoms with van der Waals surface area (Å²) in [4.78, 5) is 13.8. The molecule has 0 radical (unpaired) electrons. The van der Waals surface area contributed by atoms with Gasteiger partial charge in [0.2, 0.25) is 0 Å². The summed E-state index contributed by atoms with van der Waals surface area (Å²) in [6.07, 6.45) is 4.86. The van der Waals surface area contributed by atoms with Crippen molar-refractivity contribution in [1.29, 1.82) is 0 Å². The van der Waals surface area contributed by atoms with Gasteiger partial charge in [0.1, 0.15) is 11.4 Å².